The second-order valence-corrected chi connectivity index (χ2v) is 8.36. The van der Waals surface area contributed by atoms with Gasteiger partial charge >= 0.3 is 12.0 Å². The molecule has 1 aromatic heterocycles. The number of morpholine rings is 1. The van der Waals surface area contributed by atoms with Crippen LogP contribution in [-0.2, 0) is 16.1 Å². The number of imide groups is 1. The van der Waals surface area contributed by atoms with Gasteiger partial charge in [0.1, 0.15) is 11.4 Å². The van der Waals surface area contributed by atoms with Crippen molar-refractivity contribution in [1.29, 1.82) is 0 Å². The van der Waals surface area contributed by atoms with E-state index in [4.69, 9.17) is 9.73 Å². The van der Waals surface area contributed by atoms with Gasteiger partial charge in [0.05, 0.1) is 19.8 Å². The van der Waals surface area contributed by atoms with Gasteiger partial charge in [-0.15, -0.1) is 0 Å². The molecule has 3 amide bonds. The predicted molar refractivity (Wildman–Crippen MR) is 112 cm³/mol. The minimum Gasteiger partial charge on any atom is -0.379 e. The summed E-state index contributed by atoms with van der Waals surface area (Å²) in [6.45, 7) is 12.1. The first-order chi connectivity index (χ1) is 14.5. The molecule has 0 spiro atoms. The lowest BCUT2D eigenvalue weighted by molar-refractivity contribution is -0.689. The van der Waals surface area contributed by atoms with Gasteiger partial charge in [-0.3, -0.25) is 19.5 Å². The number of rotatable bonds is 7. The molecule has 4 heterocycles. The summed E-state index contributed by atoms with van der Waals surface area (Å²) in [6.07, 6.45) is 2.74. The average Bonchev–Trinajstić information content (AvgIpc) is 3.24. The number of aromatic nitrogens is 2. The van der Waals surface area contributed by atoms with Crippen LogP contribution in [-0.4, -0.2) is 83.5 Å². The fraction of sp³-hybridized carbons (Fsp3) is 0.714. The molecule has 2 saturated heterocycles. The monoisotopic (exact) mass is 417 g/mol. The highest BCUT2D eigenvalue weighted by Crippen LogP contribution is 2.35. The first kappa shape index (κ1) is 21.0. The number of urea groups is 1. The van der Waals surface area contributed by atoms with Crippen molar-refractivity contribution < 1.29 is 18.9 Å². The van der Waals surface area contributed by atoms with Crippen LogP contribution in [0.2, 0.25) is 0 Å². The molecule has 9 nitrogen and oxygen atoms in total. The number of carbonyl (C=O) groups is 2. The van der Waals surface area contributed by atoms with E-state index in [9.17, 15) is 9.59 Å². The first-order valence-electron chi connectivity index (χ1n) is 11.0. The number of ether oxygens (including phenoxy) is 1. The van der Waals surface area contributed by atoms with E-state index in [0.29, 0.717) is 12.4 Å². The molecule has 4 rings (SSSR count). The number of fused-ring (bicyclic) bond motifs is 3. The van der Waals surface area contributed by atoms with Crippen molar-refractivity contribution in [2.24, 2.45) is 4.99 Å². The van der Waals surface area contributed by atoms with E-state index in [0.717, 1.165) is 76.0 Å². The van der Waals surface area contributed by atoms with Gasteiger partial charge in [-0.2, -0.15) is 0 Å². The number of likely N-dealkylation sites (N-methyl/N-ethyl adjacent to an activating group) is 1. The maximum absolute atomic E-state index is 13.3. The molecule has 2 fully saturated rings. The lowest BCUT2D eigenvalue weighted by atomic mass is 10.1. The van der Waals surface area contributed by atoms with Crippen LogP contribution in [0.1, 0.15) is 43.6 Å². The third-order valence-corrected chi connectivity index (χ3v) is 6.52. The SMILES string of the molecule is CCCCN1C(=O)C2C(=Nc3n2c(C)c(C)[n+]3CCCN2CCOCC2)N(C)C1=O. The van der Waals surface area contributed by atoms with Crippen LogP contribution in [0.5, 0.6) is 0 Å². The summed E-state index contributed by atoms with van der Waals surface area (Å²) in [6, 6.07) is -0.818. The van der Waals surface area contributed by atoms with Crippen LogP contribution in [0.3, 0.4) is 0 Å². The maximum Gasteiger partial charge on any atom is 0.402 e. The number of carbonyl (C=O) groups excluding carboxylic acids is 2. The molecule has 164 valence electrons. The zero-order valence-corrected chi connectivity index (χ0v) is 18.6. The number of aliphatic imine (C=N–C) groups is 1. The van der Waals surface area contributed by atoms with E-state index in [1.54, 1.807) is 11.9 Å². The Morgan fingerprint density at radius 2 is 1.87 bits per heavy atom. The second-order valence-electron chi connectivity index (χ2n) is 8.36. The molecule has 0 radical (unpaired) electrons. The van der Waals surface area contributed by atoms with Crippen molar-refractivity contribution in [2.75, 3.05) is 46.4 Å². The Bertz CT molecular complexity index is 871. The molecular weight excluding hydrogens is 384 g/mol. The minimum absolute atomic E-state index is 0.164. The molecule has 9 heteroatoms. The van der Waals surface area contributed by atoms with Crippen molar-refractivity contribution in [3.05, 3.63) is 11.4 Å². The Morgan fingerprint density at radius 3 is 2.57 bits per heavy atom. The highest BCUT2D eigenvalue weighted by molar-refractivity contribution is 6.20. The van der Waals surface area contributed by atoms with Gasteiger partial charge in [-0.1, -0.05) is 18.3 Å². The zero-order valence-electron chi connectivity index (χ0n) is 18.6. The Morgan fingerprint density at radius 1 is 1.13 bits per heavy atom. The summed E-state index contributed by atoms with van der Waals surface area (Å²) in [5, 5.41) is 0. The molecule has 3 aliphatic rings. The summed E-state index contributed by atoms with van der Waals surface area (Å²) in [5.41, 5.74) is 2.16. The molecule has 0 bridgehead atoms. The van der Waals surface area contributed by atoms with E-state index in [1.165, 1.54) is 4.90 Å². The average molecular weight is 418 g/mol. The molecule has 0 N–H and O–H groups in total. The minimum atomic E-state index is -0.543. The van der Waals surface area contributed by atoms with Crippen LogP contribution in [0.4, 0.5) is 10.7 Å². The Balaban J connectivity index is 1.58. The quantitative estimate of drug-likeness (QED) is 0.629. The van der Waals surface area contributed by atoms with Gasteiger partial charge in [-0.25, -0.2) is 13.9 Å². The van der Waals surface area contributed by atoms with Crippen molar-refractivity contribution >= 4 is 23.7 Å². The highest BCUT2D eigenvalue weighted by atomic mass is 16.5. The van der Waals surface area contributed by atoms with Gasteiger partial charge in [-0.05, 0) is 26.7 Å². The van der Waals surface area contributed by atoms with E-state index in [1.807, 2.05) is 11.5 Å². The van der Waals surface area contributed by atoms with Gasteiger partial charge in [0.15, 0.2) is 0 Å². The molecular formula is C21H33N6O3+. The lowest BCUT2D eigenvalue weighted by Crippen LogP contribution is -2.57. The van der Waals surface area contributed by atoms with E-state index >= 15 is 0 Å². The van der Waals surface area contributed by atoms with Crippen LogP contribution >= 0.6 is 0 Å². The van der Waals surface area contributed by atoms with Crippen LogP contribution < -0.4 is 4.57 Å². The summed E-state index contributed by atoms with van der Waals surface area (Å²) < 4.78 is 9.64. The molecule has 0 aromatic carbocycles. The van der Waals surface area contributed by atoms with E-state index in [2.05, 4.69) is 23.3 Å². The third-order valence-electron chi connectivity index (χ3n) is 6.52. The molecule has 0 aliphatic carbocycles. The molecule has 0 saturated carbocycles. The van der Waals surface area contributed by atoms with Crippen LogP contribution in [0, 0.1) is 13.8 Å². The summed E-state index contributed by atoms with van der Waals surface area (Å²) in [7, 11) is 1.72. The number of amidine groups is 1. The normalized spacial score (nSPS) is 21.9. The number of hydrogen-bond donors (Lipinski definition) is 0. The molecule has 3 aliphatic heterocycles. The first-order valence-corrected chi connectivity index (χ1v) is 11.0. The van der Waals surface area contributed by atoms with Crippen molar-refractivity contribution in [3.63, 3.8) is 0 Å². The second kappa shape index (κ2) is 8.47. The van der Waals surface area contributed by atoms with Crippen LogP contribution in [0.25, 0.3) is 0 Å². The molecule has 30 heavy (non-hydrogen) atoms. The standard InChI is InChI=1S/C21H33N6O3/c1-5-6-9-26-19(28)17-18(23(4)21(26)29)22-20-25(15(2)16(3)27(17)20)10-7-8-24-11-13-30-14-12-24/h17H,5-14H2,1-4H3/q+1. The zero-order chi connectivity index (χ0) is 21.4. The molecule has 1 atom stereocenters. The molecule has 1 aromatic rings. The van der Waals surface area contributed by atoms with E-state index < -0.39 is 6.04 Å². The topological polar surface area (TPSA) is 74.3 Å². The Hall–Kier alpha value is -2.26. The summed E-state index contributed by atoms with van der Waals surface area (Å²) in [5.74, 6) is 1.15. The highest BCUT2D eigenvalue weighted by Gasteiger charge is 2.53. The van der Waals surface area contributed by atoms with Gasteiger partial charge in [0, 0.05) is 33.2 Å². The number of imidazole rings is 1. The van der Waals surface area contributed by atoms with Crippen molar-refractivity contribution in [1.82, 2.24) is 19.3 Å². The number of amides is 3. The number of unbranched alkanes of at least 4 members (excludes halogenated alkanes) is 1. The third kappa shape index (κ3) is 3.43. The smallest absolute Gasteiger partial charge is 0.379 e. The number of hydrogen-bond acceptors (Lipinski definition) is 5. The van der Waals surface area contributed by atoms with E-state index in [-0.39, 0.29) is 11.9 Å². The predicted octanol–water partition coefficient (Wildman–Crippen LogP) is 1.39. The maximum atomic E-state index is 13.3. The lowest BCUT2D eigenvalue weighted by Gasteiger charge is -2.33. The van der Waals surface area contributed by atoms with Crippen LogP contribution in [0.15, 0.2) is 4.99 Å². The fourth-order valence-corrected chi connectivity index (χ4v) is 4.57. The Labute approximate surface area is 177 Å². The largest absolute Gasteiger partial charge is 0.402 e. The molecule has 1 unspecified atom stereocenters. The Kier molecular flexibility index (Phi) is 5.92. The number of nitrogens with zero attached hydrogens (tertiary/aromatic N) is 6. The van der Waals surface area contributed by atoms with Gasteiger partial charge < -0.3 is 4.74 Å². The van der Waals surface area contributed by atoms with Crippen molar-refractivity contribution in [2.45, 2.75) is 52.6 Å². The van der Waals surface area contributed by atoms with Crippen molar-refractivity contribution in [3.8, 4) is 0 Å². The van der Waals surface area contributed by atoms with Gasteiger partial charge in [0.2, 0.25) is 11.9 Å². The summed E-state index contributed by atoms with van der Waals surface area (Å²) in [4.78, 5) is 36.2. The van der Waals surface area contributed by atoms with Gasteiger partial charge in [0.25, 0.3) is 5.91 Å². The summed E-state index contributed by atoms with van der Waals surface area (Å²) >= 11 is 0. The fourth-order valence-electron chi connectivity index (χ4n) is 4.57.